The van der Waals surface area contributed by atoms with E-state index >= 15 is 0 Å². The van der Waals surface area contributed by atoms with Crippen molar-refractivity contribution in [1.29, 1.82) is 0 Å². The number of nitrogens with zero attached hydrogens (tertiary/aromatic N) is 1. The highest BCUT2D eigenvalue weighted by molar-refractivity contribution is 5.98. The van der Waals surface area contributed by atoms with Gasteiger partial charge in [0.1, 0.15) is 5.75 Å². The maximum Gasteiger partial charge on any atom is 0.255 e. The number of nitrogens with one attached hydrogen (secondary N) is 1. The van der Waals surface area contributed by atoms with Gasteiger partial charge in [0.15, 0.2) is 0 Å². The first-order valence-corrected chi connectivity index (χ1v) is 9.21. The van der Waals surface area contributed by atoms with E-state index in [0.717, 1.165) is 6.42 Å². The molecule has 0 spiro atoms. The monoisotopic (exact) mass is 364 g/mol. The van der Waals surface area contributed by atoms with Crippen molar-refractivity contribution in [2.45, 2.75) is 13.3 Å². The van der Waals surface area contributed by atoms with E-state index in [1.165, 1.54) is 11.1 Å². The van der Waals surface area contributed by atoms with E-state index < -0.39 is 0 Å². The zero-order chi connectivity index (χ0) is 19.1. The minimum absolute atomic E-state index is 0.0200. The zero-order valence-corrected chi connectivity index (χ0v) is 15.5. The molecule has 140 valence electrons. The lowest BCUT2D eigenvalue weighted by Crippen LogP contribution is -2.42. The highest BCUT2D eigenvalue weighted by Crippen LogP contribution is 2.22. The molecule has 0 unspecified atom stereocenters. The number of ether oxygens (including phenoxy) is 1. The van der Waals surface area contributed by atoms with E-state index in [1.54, 1.807) is 23.1 Å². The summed E-state index contributed by atoms with van der Waals surface area (Å²) in [7, 11) is 0. The Balaban J connectivity index is 1.55. The number of para-hydroxylation sites is 1. The van der Waals surface area contributed by atoms with Crippen molar-refractivity contribution in [1.82, 2.24) is 10.2 Å². The van der Waals surface area contributed by atoms with Gasteiger partial charge in [0.25, 0.3) is 5.91 Å². The molecule has 1 aliphatic heterocycles. The highest BCUT2D eigenvalue weighted by Gasteiger charge is 2.19. The summed E-state index contributed by atoms with van der Waals surface area (Å²) in [6.45, 7) is 3.55. The fraction of sp³-hybridized carbons (Fsp3) is 0.273. The molecule has 27 heavy (non-hydrogen) atoms. The summed E-state index contributed by atoms with van der Waals surface area (Å²) in [5.41, 5.74) is 2.90. The third-order valence-corrected chi connectivity index (χ3v) is 4.54. The van der Waals surface area contributed by atoms with Crippen LogP contribution >= 0.6 is 0 Å². The molecular weight excluding hydrogens is 340 g/mol. The standard InChI is InChI=1S/C22H24N2O3/c1-2-27-20-11-7-6-10-19(20)22(26)23-16-21(25)24-14-12-18(13-15-24)17-8-4-3-5-9-17/h3-12H,2,13-16H2,1H3,(H,23,26). The number of benzene rings is 2. The molecule has 2 aromatic carbocycles. The van der Waals surface area contributed by atoms with Crippen LogP contribution in [0.4, 0.5) is 0 Å². The van der Waals surface area contributed by atoms with Gasteiger partial charge in [-0.3, -0.25) is 9.59 Å². The number of hydrogen-bond donors (Lipinski definition) is 1. The van der Waals surface area contributed by atoms with Crippen LogP contribution in [0.2, 0.25) is 0 Å². The first kappa shape index (κ1) is 18.7. The number of carbonyl (C=O) groups excluding carboxylic acids is 2. The fourth-order valence-electron chi connectivity index (χ4n) is 3.11. The second-order valence-electron chi connectivity index (χ2n) is 6.30. The summed E-state index contributed by atoms with van der Waals surface area (Å²) in [6.07, 6.45) is 2.90. The fourth-order valence-corrected chi connectivity index (χ4v) is 3.11. The molecular formula is C22H24N2O3. The van der Waals surface area contributed by atoms with E-state index in [0.29, 0.717) is 31.0 Å². The van der Waals surface area contributed by atoms with Gasteiger partial charge in [-0.15, -0.1) is 0 Å². The van der Waals surface area contributed by atoms with Crippen LogP contribution in [0.5, 0.6) is 5.75 Å². The van der Waals surface area contributed by atoms with E-state index in [9.17, 15) is 9.59 Å². The van der Waals surface area contributed by atoms with Crippen LogP contribution in [0.25, 0.3) is 5.57 Å². The quantitative estimate of drug-likeness (QED) is 0.857. The average Bonchev–Trinajstić information content (AvgIpc) is 2.73. The summed E-state index contributed by atoms with van der Waals surface area (Å²) >= 11 is 0. The van der Waals surface area contributed by atoms with E-state index in [2.05, 4.69) is 23.5 Å². The maximum atomic E-state index is 12.4. The summed E-state index contributed by atoms with van der Waals surface area (Å²) in [4.78, 5) is 26.6. The van der Waals surface area contributed by atoms with Crippen LogP contribution in [0.1, 0.15) is 29.3 Å². The van der Waals surface area contributed by atoms with E-state index in [1.807, 2.05) is 31.2 Å². The maximum absolute atomic E-state index is 12.4. The normalized spacial score (nSPS) is 13.7. The molecule has 5 heteroatoms. The molecule has 0 aliphatic carbocycles. The number of hydrogen-bond acceptors (Lipinski definition) is 3. The smallest absolute Gasteiger partial charge is 0.255 e. The Hall–Kier alpha value is -3.08. The molecule has 0 atom stereocenters. The molecule has 2 aromatic rings. The summed E-state index contributed by atoms with van der Waals surface area (Å²) in [5, 5.41) is 2.71. The Morgan fingerprint density at radius 1 is 1.07 bits per heavy atom. The van der Waals surface area contributed by atoms with Gasteiger partial charge in [-0.05, 0) is 36.6 Å². The SMILES string of the molecule is CCOc1ccccc1C(=O)NCC(=O)N1CC=C(c2ccccc2)CC1. The van der Waals surface area contributed by atoms with Crippen LogP contribution in [-0.2, 0) is 4.79 Å². The van der Waals surface area contributed by atoms with Crippen molar-refractivity contribution in [3.63, 3.8) is 0 Å². The molecule has 5 nitrogen and oxygen atoms in total. The van der Waals surface area contributed by atoms with Crippen molar-refractivity contribution in [2.24, 2.45) is 0 Å². The predicted octanol–water partition coefficient (Wildman–Crippen LogP) is 3.13. The first-order chi connectivity index (χ1) is 13.2. The lowest BCUT2D eigenvalue weighted by Gasteiger charge is -2.27. The van der Waals surface area contributed by atoms with Gasteiger partial charge in [0.05, 0.1) is 18.7 Å². The van der Waals surface area contributed by atoms with Crippen LogP contribution < -0.4 is 10.1 Å². The third-order valence-electron chi connectivity index (χ3n) is 4.54. The molecule has 0 saturated heterocycles. The highest BCUT2D eigenvalue weighted by atomic mass is 16.5. The van der Waals surface area contributed by atoms with Gasteiger partial charge in [0.2, 0.25) is 5.91 Å². The third kappa shape index (κ3) is 4.76. The van der Waals surface area contributed by atoms with Gasteiger partial charge in [-0.1, -0.05) is 48.5 Å². The summed E-state index contributed by atoms with van der Waals surface area (Å²) < 4.78 is 5.47. The van der Waals surface area contributed by atoms with Crippen molar-refractivity contribution in [2.75, 3.05) is 26.2 Å². The molecule has 2 amide bonds. The molecule has 0 radical (unpaired) electrons. The molecule has 3 rings (SSSR count). The van der Waals surface area contributed by atoms with Crippen molar-refractivity contribution in [3.05, 3.63) is 71.8 Å². The van der Waals surface area contributed by atoms with Crippen LogP contribution in [0, 0.1) is 0 Å². The Morgan fingerprint density at radius 2 is 1.81 bits per heavy atom. The van der Waals surface area contributed by atoms with Crippen LogP contribution in [0.3, 0.4) is 0 Å². The molecule has 0 saturated carbocycles. The second kappa shape index (κ2) is 9.03. The Kier molecular flexibility index (Phi) is 6.26. The van der Waals surface area contributed by atoms with Crippen molar-refractivity contribution < 1.29 is 14.3 Å². The number of rotatable bonds is 6. The lowest BCUT2D eigenvalue weighted by atomic mass is 9.99. The predicted molar refractivity (Wildman–Crippen MR) is 106 cm³/mol. The molecule has 0 bridgehead atoms. The summed E-state index contributed by atoms with van der Waals surface area (Å²) in [6, 6.07) is 17.2. The minimum Gasteiger partial charge on any atom is -0.493 e. The Labute approximate surface area is 159 Å². The van der Waals surface area contributed by atoms with Crippen molar-refractivity contribution in [3.8, 4) is 5.75 Å². The van der Waals surface area contributed by atoms with Crippen molar-refractivity contribution >= 4 is 17.4 Å². The topological polar surface area (TPSA) is 58.6 Å². The molecule has 1 N–H and O–H groups in total. The molecule has 1 heterocycles. The average molecular weight is 364 g/mol. The Bertz CT molecular complexity index is 830. The minimum atomic E-state index is -0.301. The van der Waals surface area contributed by atoms with Crippen LogP contribution in [0.15, 0.2) is 60.7 Å². The summed E-state index contributed by atoms with van der Waals surface area (Å²) in [5.74, 6) is 0.142. The van der Waals surface area contributed by atoms with Gasteiger partial charge in [-0.2, -0.15) is 0 Å². The van der Waals surface area contributed by atoms with E-state index in [-0.39, 0.29) is 18.4 Å². The second-order valence-corrected chi connectivity index (χ2v) is 6.30. The Morgan fingerprint density at radius 3 is 2.52 bits per heavy atom. The molecule has 1 aliphatic rings. The lowest BCUT2D eigenvalue weighted by molar-refractivity contribution is -0.129. The largest absolute Gasteiger partial charge is 0.493 e. The number of carbonyl (C=O) groups is 2. The first-order valence-electron chi connectivity index (χ1n) is 9.21. The van der Waals surface area contributed by atoms with Gasteiger partial charge < -0.3 is 15.0 Å². The molecule has 0 fully saturated rings. The van der Waals surface area contributed by atoms with Gasteiger partial charge in [0, 0.05) is 13.1 Å². The van der Waals surface area contributed by atoms with Gasteiger partial charge in [-0.25, -0.2) is 0 Å². The number of amides is 2. The molecule has 0 aromatic heterocycles. The zero-order valence-electron chi connectivity index (χ0n) is 15.5. The van der Waals surface area contributed by atoms with Crippen LogP contribution in [-0.4, -0.2) is 43.0 Å². The van der Waals surface area contributed by atoms with Gasteiger partial charge >= 0.3 is 0 Å². The van der Waals surface area contributed by atoms with E-state index in [4.69, 9.17) is 4.74 Å².